The summed E-state index contributed by atoms with van der Waals surface area (Å²) >= 11 is 5.62. The molecule has 2 bridgehead atoms. The molecule has 1 saturated carbocycles. The Bertz CT molecular complexity index is 789. The highest BCUT2D eigenvalue weighted by Gasteiger charge is 2.53. The number of rotatable bonds is 4. The van der Waals surface area contributed by atoms with E-state index in [1.165, 1.54) is 0 Å². The van der Waals surface area contributed by atoms with Crippen LogP contribution in [0.2, 0.25) is 0 Å². The number of nitrogens with two attached hydrogens (primary N) is 1. The van der Waals surface area contributed by atoms with Crippen molar-refractivity contribution in [1.82, 2.24) is 4.31 Å². The van der Waals surface area contributed by atoms with Crippen molar-refractivity contribution in [3.8, 4) is 0 Å². The van der Waals surface area contributed by atoms with E-state index in [-0.39, 0.29) is 22.8 Å². The average Bonchev–Trinajstić information content (AvgIpc) is 2.77. The summed E-state index contributed by atoms with van der Waals surface area (Å²) in [5.74, 6) is 0.449. The minimum absolute atomic E-state index is 0.0680. The Hall–Kier alpha value is -1.11. The molecule has 1 aromatic rings. The first-order valence-electron chi connectivity index (χ1n) is 8.56. The summed E-state index contributed by atoms with van der Waals surface area (Å²) in [4.78, 5) is 4.45. The Kier molecular flexibility index (Phi) is 4.67. The number of fused-ring (bicyclic) bond motifs is 2. The molecule has 7 heteroatoms. The molecule has 1 aromatic carbocycles. The van der Waals surface area contributed by atoms with Gasteiger partial charge in [0.25, 0.3) is 0 Å². The quantitative estimate of drug-likeness (QED) is 0.491. The topological polar surface area (TPSA) is 75.8 Å². The van der Waals surface area contributed by atoms with Crippen molar-refractivity contribution < 1.29 is 8.42 Å². The van der Waals surface area contributed by atoms with E-state index in [1.807, 2.05) is 0 Å². The van der Waals surface area contributed by atoms with Crippen LogP contribution in [0.25, 0.3) is 0 Å². The summed E-state index contributed by atoms with van der Waals surface area (Å²) in [5.41, 5.74) is 6.47. The smallest absolute Gasteiger partial charge is 0.243 e. The van der Waals surface area contributed by atoms with Crippen molar-refractivity contribution >= 4 is 33.1 Å². The number of amidine groups is 1. The van der Waals surface area contributed by atoms with Crippen molar-refractivity contribution in [3.05, 3.63) is 24.3 Å². The molecule has 2 fully saturated rings. The fraction of sp³-hybridized carbons (Fsp3) is 0.611. The average molecular weight is 384 g/mol. The van der Waals surface area contributed by atoms with Crippen LogP contribution >= 0.6 is 11.6 Å². The second-order valence-electron chi connectivity index (χ2n) is 8.49. The lowest BCUT2D eigenvalue weighted by Gasteiger charge is -2.39. The number of hydrogen-bond acceptors (Lipinski definition) is 3. The summed E-state index contributed by atoms with van der Waals surface area (Å²) in [6.45, 7) is 7.29. The standard InChI is InChI=1S/C18H26ClN3O2S/c1-17(2)8-14-9-18(3,11-17)12-22(14)25(23,24)15-6-4-13(5-7-15)21-16(20)10-19/h4-7,14H,8-12H2,1-3H3,(H2,20,21). The van der Waals surface area contributed by atoms with Gasteiger partial charge in [0.1, 0.15) is 5.84 Å². The van der Waals surface area contributed by atoms with Crippen molar-refractivity contribution in [2.75, 3.05) is 12.4 Å². The van der Waals surface area contributed by atoms with Gasteiger partial charge in [-0.2, -0.15) is 4.31 Å². The van der Waals surface area contributed by atoms with Crippen LogP contribution in [0, 0.1) is 10.8 Å². The lowest BCUT2D eigenvalue weighted by Crippen LogP contribution is -2.37. The molecule has 2 atom stereocenters. The van der Waals surface area contributed by atoms with Crippen LogP contribution in [0.4, 0.5) is 5.69 Å². The second kappa shape index (κ2) is 6.25. The zero-order valence-corrected chi connectivity index (χ0v) is 16.6. The lowest BCUT2D eigenvalue weighted by atomic mass is 9.65. The lowest BCUT2D eigenvalue weighted by molar-refractivity contribution is 0.133. The number of benzene rings is 1. The minimum Gasteiger partial charge on any atom is -0.386 e. The fourth-order valence-corrected chi connectivity index (χ4v) is 6.55. The van der Waals surface area contributed by atoms with Crippen molar-refractivity contribution in [2.24, 2.45) is 21.6 Å². The van der Waals surface area contributed by atoms with Gasteiger partial charge in [-0.15, -0.1) is 11.6 Å². The fourth-order valence-electron chi connectivity index (χ4n) is 4.71. The molecule has 0 amide bonds. The van der Waals surface area contributed by atoms with E-state index in [4.69, 9.17) is 17.3 Å². The van der Waals surface area contributed by atoms with Crippen LogP contribution in [0.1, 0.15) is 40.0 Å². The summed E-state index contributed by atoms with van der Waals surface area (Å²) in [6, 6.07) is 6.63. The number of hydrogen-bond donors (Lipinski definition) is 1. The van der Waals surface area contributed by atoms with Gasteiger partial charge in [-0.05, 0) is 54.4 Å². The Labute approximate surface area is 155 Å². The highest BCUT2D eigenvalue weighted by Crippen LogP contribution is 2.53. The largest absolute Gasteiger partial charge is 0.386 e. The molecule has 1 aliphatic heterocycles. The van der Waals surface area contributed by atoms with Crippen molar-refractivity contribution in [2.45, 2.75) is 51.0 Å². The van der Waals surface area contributed by atoms with Gasteiger partial charge in [0, 0.05) is 12.6 Å². The molecular formula is C18H26ClN3O2S. The highest BCUT2D eigenvalue weighted by atomic mass is 35.5. The van der Waals surface area contributed by atoms with Crippen LogP contribution in [0.15, 0.2) is 34.2 Å². The van der Waals surface area contributed by atoms with Gasteiger partial charge >= 0.3 is 0 Å². The first-order valence-corrected chi connectivity index (χ1v) is 10.5. The zero-order valence-electron chi connectivity index (χ0n) is 15.0. The van der Waals surface area contributed by atoms with E-state index < -0.39 is 10.0 Å². The van der Waals surface area contributed by atoms with Crippen LogP contribution in [0.3, 0.4) is 0 Å². The monoisotopic (exact) mass is 383 g/mol. The van der Waals surface area contributed by atoms with Gasteiger partial charge in [0.05, 0.1) is 16.5 Å². The summed E-state index contributed by atoms with van der Waals surface area (Å²) < 4.78 is 28.0. The van der Waals surface area contributed by atoms with E-state index in [9.17, 15) is 8.42 Å². The van der Waals surface area contributed by atoms with Crippen molar-refractivity contribution in [3.63, 3.8) is 0 Å². The molecule has 138 valence electrons. The predicted molar refractivity (Wildman–Crippen MR) is 102 cm³/mol. The SMILES string of the molecule is CC1(C)CC2CC(C)(CN2S(=O)(=O)c2ccc(N=C(N)CCl)cc2)C1. The molecule has 1 saturated heterocycles. The maximum absolute atomic E-state index is 13.2. The number of alkyl halides is 1. The van der Waals surface area contributed by atoms with Gasteiger partial charge in [-0.3, -0.25) is 0 Å². The van der Waals surface area contributed by atoms with Gasteiger partial charge < -0.3 is 5.73 Å². The molecule has 2 N–H and O–H groups in total. The van der Waals surface area contributed by atoms with E-state index in [2.05, 4.69) is 25.8 Å². The number of aliphatic imine (C=N–C) groups is 1. The van der Waals surface area contributed by atoms with E-state index >= 15 is 0 Å². The van der Waals surface area contributed by atoms with Gasteiger partial charge in [-0.1, -0.05) is 20.8 Å². The Morgan fingerprint density at radius 1 is 1.28 bits per heavy atom. The molecule has 0 spiro atoms. The van der Waals surface area contributed by atoms with Gasteiger partial charge in [0.15, 0.2) is 0 Å². The van der Waals surface area contributed by atoms with E-state index in [1.54, 1.807) is 28.6 Å². The Morgan fingerprint density at radius 2 is 1.92 bits per heavy atom. The summed E-state index contributed by atoms with van der Waals surface area (Å²) in [7, 11) is -3.50. The normalized spacial score (nSPS) is 29.8. The summed E-state index contributed by atoms with van der Waals surface area (Å²) in [5, 5.41) is 0. The number of nitrogens with zero attached hydrogens (tertiary/aromatic N) is 2. The molecule has 2 aliphatic rings. The predicted octanol–water partition coefficient (Wildman–Crippen LogP) is 3.50. The first-order chi connectivity index (χ1) is 11.5. The molecule has 3 rings (SSSR count). The molecule has 25 heavy (non-hydrogen) atoms. The molecule has 1 aliphatic carbocycles. The Balaban J connectivity index is 1.88. The third kappa shape index (κ3) is 3.71. The van der Waals surface area contributed by atoms with Crippen molar-refractivity contribution in [1.29, 1.82) is 0 Å². The number of halogens is 1. The maximum Gasteiger partial charge on any atom is 0.243 e. The molecule has 5 nitrogen and oxygen atoms in total. The second-order valence-corrected chi connectivity index (χ2v) is 10.7. The molecule has 2 unspecified atom stereocenters. The molecule has 0 radical (unpaired) electrons. The third-order valence-corrected chi connectivity index (χ3v) is 7.41. The van der Waals surface area contributed by atoms with Crippen LogP contribution < -0.4 is 5.73 Å². The summed E-state index contributed by atoms with van der Waals surface area (Å²) in [6.07, 6.45) is 2.93. The van der Waals surface area contributed by atoms with Crippen LogP contribution in [-0.4, -0.2) is 37.0 Å². The third-order valence-electron chi connectivity index (χ3n) is 5.22. The van der Waals surface area contributed by atoms with Crippen LogP contribution in [-0.2, 0) is 10.0 Å². The van der Waals surface area contributed by atoms with E-state index in [0.717, 1.165) is 19.3 Å². The zero-order chi connectivity index (χ0) is 18.5. The van der Waals surface area contributed by atoms with Gasteiger partial charge in [-0.25, -0.2) is 13.4 Å². The van der Waals surface area contributed by atoms with Gasteiger partial charge in [0.2, 0.25) is 10.0 Å². The molecule has 1 heterocycles. The highest BCUT2D eigenvalue weighted by molar-refractivity contribution is 7.89. The van der Waals surface area contributed by atoms with E-state index in [0.29, 0.717) is 23.0 Å². The first kappa shape index (κ1) is 18.7. The molecule has 0 aromatic heterocycles. The molecular weight excluding hydrogens is 358 g/mol. The minimum atomic E-state index is -3.50. The maximum atomic E-state index is 13.2. The van der Waals surface area contributed by atoms with Crippen LogP contribution in [0.5, 0.6) is 0 Å². The number of sulfonamides is 1. The Morgan fingerprint density at radius 3 is 2.52 bits per heavy atom.